The Morgan fingerprint density at radius 1 is 1.05 bits per heavy atom. The fraction of sp³-hybridized carbons (Fsp3) is 0.357. The van der Waals surface area contributed by atoms with E-state index in [9.17, 15) is 18.8 Å². The summed E-state index contributed by atoms with van der Waals surface area (Å²) in [6.45, 7) is 4.85. The molecule has 0 radical (unpaired) electrons. The fourth-order valence-corrected chi connectivity index (χ4v) is 4.83. The number of halogens is 1. The summed E-state index contributed by atoms with van der Waals surface area (Å²) in [5.74, 6) is -0.760. The second-order valence-corrected chi connectivity index (χ2v) is 9.82. The molecule has 1 aromatic heterocycles. The van der Waals surface area contributed by atoms with Crippen LogP contribution in [-0.2, 0) is 24.4 Å². The van der Waals surface area contributed by atoms with E-state index in [4.69, 9.17) is 4.74 Å². The summed E-state index contributed by atoms with van der Waals surface area (Å²) < 4.78 is 20.3. The van der Waals surface area contributed by atoms with Gasteiger partial charge in [-0.3, -0.25) is 14.4 Å². The average Bonchev–Trinajstić information content (AvgIpc) is 3.65. The van der Waals surface area contributed by atoms with E-state index in [1.54, 1.807) is 28.5 Å². The van der Waals surface area contributed by atoms with Crippen molar-refractivity contribution in [1.82, 2.24) is 25.1 Å². The van der Waals surface area contributed by atoms with Gasteiger partial charge in [-0.1, -0.05) is 24.3 Å². The molecule has 38 heavy (non-hydrogen) atoms. The minimum Gasteiger partial charge on any atom is -0.494 e. The Balaban J connectivity index is 1.32. The van der Waals surface area contributed by atoms with E-state index in [1.807, 2.05) is 31.2 Å². The Morgan fingerprint density at radius 2 is 1.68 bits per heavy atom. The van der Waals surface area contributed by atoms with Crippen LogP contribution >= 0.6 is 0 Å². The second kappa shape index (κ2) is 10.3. The molecule has 9 nitrogen and oxygen atoms in total. The van der Waals surface area contributed by atoms with Crippen LogP contribution in [0.4, 0.5) is 4.39 Å². The van der Waals surface area contributed by atoms with Crippen molar-refractivity contribution in [2.45, 2.75) is 57.9 Å². The predicted molar refractivity (Wildman–Crippen MR) is 137 cm³/mol. The van der Waals surface area contributed by atoms with Crippen LogP contribution in [0.15, 0.2) is 54.9 Å². The van der Waals surface area contributed by atoms with E-state index in [-0.39, 0.29) is 54.7 Å². The highest BCUT2D eigenvalue weighted by atomic mass is 19.1. The molecule has 1 fully saturated rings. The maximum atomic E-state index is 13.7. The molecule has 2 N–H and O–H groups in total. The third kappa shape index (κ3) is 4.98. The van der Waals surface area contributed by atoms with Crippen molar-refractivity contribution < 1.29 is 23.5 Å². The maximum absolute atomic E-state index is 13.7. The van der Waals surface area contributed by atoms with Gasteiger partial charge in [-0.2, -0.15) is 0 Å². The van der Waals surface area contributed by atoms with Crippen LogP contribution in [0.1, 0.15) is 58.8 Å². The molecular formula is C28H30FN5O4. The van der Waals surface area contributed by atoms with E-state index in [1.165, 1.54) is 18.5 Å². The molecule has 0 unspecified atom stereocenters. The van der Waals surface area contributed by atoms with Crippen molar-refractivity contribution in [3.8, 4) is 5.75 Å². The minimum absolute atomic E-state index is 0.0420. The summed E-state index contributed by atoms with van der Waals surface area (Å²) in [5, 5.41) is 5.73. The van der Waals surface area contributed by atoms with Crippen LogP contribution in [0.25, 0.3) is 0 Å². The second-order valence-electron chi connectivity index (χ2n) is 9.82. The average molecular weight is 520 g/mol. The standard InChI is InChI=1S/C28H30FN5O4/c1-3-38-22-12-6-19(7-13-22)14-30-25(35)23-24-26(36)34(21-10-11-21)28(2,16-33(24)17-32-23)27(37)31-15-18-4-8-20(29)9-5-18/h4-9,12-13,17,21H,3,10-11,14-16H2,1-2H3,(H,30,35)(H,31,37)/t28-/m1/s1. The number of ether oxygens (including phenoxy) is 1. The molecule has 2 aromatic carbocycles. The number of imidazole rings is 1. The lowest BCUT2D eigenvalue weighted by atomic mass is 9.93. The first-order valence-electron chi connectivity index (χ1n) is 12.7. The first-order chi connectivity index (χ1) is 18.3. The Morgan fingerprint density at radius 3 is 2.32 bits per heavy atom. The van der Waals surface area contributed by atoms with Gasteiger partial charge in [0.05, 0.1) is 19.5 Å². The van der Waals surface area contributed by atoms with Gasteiger partial charge < -0.3 is 24.8 Å². The van der Waals surface area contributed by atoms with E-state index in [0.29, 0.717) is 6.61 Å². The molecule has 1 atom stereocenters. The fourth-order valence-electron chi connectivity index (χ4n) is 4.83. The van der Waals surface area contributed by atoms with Gasteiger partial charge in [-0.15, -0.1) is 0 Å². The molecule has 2 aliphatic rings. The van der Waals surface area contributed by atoms with Crippen LogP contribution < -0.4 is 15.4 Å². The number of carbonyl (C=O) groups is 3. The Hall–Kier alpha value is -4.21. The lowest BCUT2D eigenvalue weighted by molar-refractivity contribution is -0.133. The molecule has 10 heteroatoms. The van der Waals surface area contributed by atoms with Crippen molar-refractivity contribution >= 4 is 17.7 Å². The highest BCUT2D eigenvalue weighted by molar-refractivity contribution is 6.07. The Bertz CT molecular complexity index is 1350. The van der Waals surface area contributed by atoms with Gasteiger partial charge in [0, 0.05) is 19.1 Å². The van der Waals surface area contributed by atoms with Crippen LogP contribution in [0.5, 0.6) is 5.75 Å². The lowest BCUT2D eigenvalue weighted by Gasteiger charge is -2.44. The zero-order chi connectivity index (χ0) is 26.9. The smallest absolute Gasteiger partial charge is 0.274 e. The van der Waals surface area contributed by atoms with Crippen molar-refractivity contribution in [3.05, 3.63) is 83.2 Å². The molecule has 0 saturated heterocycles. The summed E-state index contributed by atoms with van der Waals surface area (Å²) in [5.41, 5.74) is 0.692. The van der Waals surface area contributed by atoms with E-state index in [2.05, 4.69) is 15.6 Å². The number of hydrogen-bond donors (Lipinski definition) is 2. The highest BCUT2D eigenvalue weighted by Gasteiger charge is 2.53. The number of rotatable bonds is 9. The minimum atomic E-state index is -1.16. The summed E-state index contributed by atoms with van der Waals surface area (Å²) in [6, 6.07) is 13.2. The topological polar surface area (TPSA) is 106 Å². The van der Waals surface area contributed by atoms with Gasteiger partial charge >= 0.3 is 0 Å². The van der Waals surface area contributed by atoms with Crippen LogP contribution in [0, 0.1) is 5.82 Å². The van der Waals surface area contributed by atoms with Gasteiger partial charge in [0.15, 0.2) is 5.69 Å². The lowest BCUT2D eigenvalue weighted by Crippen LogP contribution is -2.64. The summed E-state index contributed by atoms with van der Waals surface area (Å²) in [6.07, 6.45) is 3.02. The zero-order valence-electron chi connectivity index (χ0n) is 21.4. The molecule has 1 aliphatic heterocycles. The van der Waals surface area contributed by atoms with Gasteiger partial charge in [-0.25, -0.2) is 9.37 Å². The Labute approximate surface area is 220 Å². The van der Waals surface area contributed by atoms with Gasteiger partial charge in [0.25, 0.3) is 11.8 Å². The number of amides is 3. The van der Waals surface area contributed by atoms with Gasteiger partial charge in [-0.05, 0) is 62.1 Å². The van der Waals surface area contributed by atoms with Crippen molar-refractivity contribution in [3.63, 3.8) is 0 Å². The molecule has 1 aliphatic carbocycles. The third-order valence-corrected chi connectivity index (χ3v) is 6.94. The number of nitrogens with one attached hydrogen (secondary N) is 2. The number of hydrogen-bond acceptors (Lipinski definition) is 5. The number of fused-ring (bicyclic) bond motifs is 1. The number of aromatic nitrogens is 2. The molecule has 5 rings (SSSR count). The molecule has 2 heterocycles. The summed E-state index contributed by atoms with van der Waals surface area (Å²) >= 11 is 0. The van der Waals surface area contributed by atoms with Crippen LogP contribution in [0.3, 0.4) is 0 Å². The monoisotopic (exact) mass is 519 g/mol. The summed E-state index contributed by atoms with van der Waals surface area (Å²) in [4.78, 5) is 46.1. The molecule has 3 amide bonds. The van der Waals surface area contributed by atoms with Crippen molar-refractivity contribution in [1.29, 1.82) is 0 Å². The van der Waals surface area contributed by atoms with Crippen LogP contribution in [0.2, 0.25) is 0 Å². The van der Waals surface area contributed by atoms with Crippen molar-refractivity contribution in [2.75, 3.05) is 6.61 Å². The largest absolute Gasteiger partial charge is 0.494 e. The van der Waals surface area contributed by atoms with E-state index in [0.717, 1.165) is 29.7 Å². The predicted octanol–water partition coefficient (Wildman–Crippen LogP) is 3.04. The molecule has 198 valence electrons. The molecule has 0 bridgehead atoms. The molecule has 3 aromatic rings. The van der Waals surface area contributed by atoms with Crippen molar-refractivity contribution in [2.24, 2.45) is 0 Å². The molecular weight excluding hydrogens is 489 g/mol. The Kier molecular flexibility index (Phi) is 6.88. The third-order valence-electron chi connectivity index (χ3n) is 6.94. The normalized spacial score (nSPS) is 18.6. The van der Waals surface area contributed by atoms with Crippen LogP contribution in [-0.4, -0.2) is 50.4 Å². The van der Waals surface area contributed by atoms with E-state index >= 15 is 0 Å². The first-order valence-corrected chi connectivity index (χ1v) is 12.7. The summed E-state index contributed by atoms with van der Waals surface area (Å²) in [7, 11) is 0. The first kappa shape index (κ1) is 25.4. The zero-order valence-corrected chi connectivity index (χ0v) is 21.4. The molecule has 0 spiro atoms. The number of nitrogens with zero attached hydrogens (tertiary/aromatic N) is 3. The maximum Gasteiger partial charge on any atom is 0.274 e. The highest BCUT2D eigenvalue weighted by Crippen LogP contribution is 2.38. The SMILES string of the molecule is CCOc1ccc(CNC(=O)c2ncn3c2C(=O)N(C2CC2)[C@@](C)(C(=O)NCc2ccc(F)cc2)C3)cc1. The quantitative estimate of drug-likeness (QED) is 0.452. The number of carbonyl (C=O) groups excluding carboxylic acids is 3. The van der Waals surface area contributed by atoms with E-state index < -0.39 is 11.4 Å². The van der Waals surface area contributed by atoms with Gasteiger partial charge in [0.2, 0.25) is 5.91 Å². The van der Waals surface area contributed by atoms with Gasteiger partial charge in [0.1, 0.15) is 22.8 Å². The number of benzene rings is 2. The molecule has 1 saturated carbocycles.